The van der Waals surface area contributed by atoms with Gasteiger partial charge in [-0.05, 0) is 20.3 Å². The first-order valence-corrected chi connectivity index (χ1v) is 4.54. The van der Waals surface area contributed by atoms with Gasteiger partial charge in [-0.1, -0.05) is 6.92 Å². The Kier molecular flexibility index (Phi) is 6.54. The van der Waals surface area contributed by atoms with E-state index in [0.29, 0.717) is 13.2 Å². The minimum atomic E-state index is -0.942. The average molecular weight is 190 g/mol. The molecule has 4 heteroatoms. The summed E-state index contributed by atoms with van der Waals surface area (Å²) in [5.74, 6) is -0.942. The van der Waals surface area contributed by atoms with Gasteiger partial charge in [-0.3, -0.25) is 0 Å². The Morgan fingerprint density at radius 2 is 2.00 bits per heavy atom. The van der Waals surface area contributed by atoms with Crippen LogP contribution < -0.4 is 0 Å². The third-order valence-electron chi connectivity index (χ3n) is 1.54. The predicted molar refractivity (Wildman–Crippen MR) is 48.8 cm³/mol. The van der Waals surface area contributed by atoms with Crippen molar-refractivity contribution in [2.24, 2.45) is 0 Å². The lowest BCUT2D eigenvalue weighted by molar-refractivity contribution is -0.151. The molecule has 0 heterocycles. The van der Waals surface area contributed by atoms with Crippen LogP contribution in [0.25, 0.3) is 0 Å². The maximum atomic E-state index is 10.4. The number of carboxylic acids is 1. The zero-order chi connectivity index (χ0) is 10.3. The van der Waals surface area contributed by atoms with Crippen molar-refractivity contribution in [3.63, 3.8) is 0 Å². The van der Waals surface area contributed by atoms with Crippen LogP contribution in [0, 0.1) is 0 Å². The highest BCUT2D eigenvalue weighted by Crippen LogP contribution is 1.97. The largest absolute Gasteiger partial charge is 0.479 e. The van der Waals surface area contributed by atoms with Gasteiger partial charge in [0.1, 0.15) is 0 Å². The standard InChI is InChI=1S/C9H18O4/c1-4-5-12-7(2)6-13-8(3)9(10)11/h7-8H,4-6H2,1-3H3,(H,10,11). The molecule has 2 unspecified atom stereocenters. The van der Waals surface area contributed by atoms with Crippen molar-refractivity contribution < 1.29 is 19.4 Å². The fourth-order valence-electron chi connectivity index (χ4n) is 0.718. The fraction of sp³-hybridized carbons (Fsp3) is 0.889. The van der Waals surface area contributed by atoms with Gasteiger partial charge in [0.25, 0.3) is 0 Å². The Bertz CT molecular complexity index is 147. The van der Waals surface area contributed by atoms with Gasteiger partial charge in [-0.15, -0.1) is 0 Å². The lowest BCUT2D eigenvalue weighted by Crippen LogP contribution is -2.25. The van der Waals surface area contributed by atoms with Gasteiger partial charge in [0, 0.05) is 6.61 Å². The van der Waals surface area contributed by atoms with Crippen LogP contribution in [0.1, 0.15) is 27.2 Å². The topological polar surface area (TPSA) is 55.8 Å². The minimum Gasteiger partial charge on any atom is -0.479 e. The van der Waals surface area contributed by atoms with E-state index in [1.807, 2.05) is 13.8 Å². The van der Waals surface area contributed by atoms with E-state index >= 15 is 0 Å². The van der Waals surface area contributed by atoms with Crippen LogP contribution in [0.2, 0.25) is 0 Å². The van der Waals surface area contributed by atoms with Crippen LogP contribution in [0.15, 0.2) is 0 Å². The van der Waals surface area contributed by atoms with Crippen LogP contribution in [-0.4, -0.2) is 36.5 Å². The van der Waals surface area contributed by atoms with Crippen LogP contribution in [0.5, 0.6) is 0 Å². The predicted octanol–water partition coefficient (Wildman–Crippen LogP) is 1.29. The molecule has 0 rings (SSSR count). The Morgan fingerprint density at radius 1 is 1.38 bits per heavy atom. The van der Waals surface area contributed by atoms with E-state index in [1.165, 1.54) is 6.92 Å². The lowest BCUT2D eigenvalue weighted by atomic mass is 10.4. The van der Waals surface area contributed by atoms with E-state index in [0.717, 1.165) is 6.42 Å². The molecule has 0 aliphatic carbocycles. The number of hydrogen-bond acceptors (Lipinski definition) is 3. The van der Waals surface area contributed by atoms with E-state index in [-0.39, 0.29) is 6.10 Å². The normalized spacial score (nSPS) is 15.3. The minimum absolute atomic E-state index is 0.0400. The van der Waals surface area contributed by atoms with Gasteiger partial charge in [0.2, 0.25) is 0 Å². The van der Waals surface area contributed by atoms with Crippen molar-refractivity contribution in [2.45, 2.75) is 39.4 Å². The van der Waals surface area contributed by atoms with Crippen molar-refractivity contribution in [3.05, 3.63) is 0 Å². The number of ether oxygens (including phenoxy) is 2. The third kappa shape index (κ3) is 6.54. The number of carbonyl (C=O) groups is 1. The molecular weight excluding hydrogens is 172 g/mol. The van der Waals surface area contributed by atoms with Gasteiger partial charge >= 0.3 is 5.97 Å². The second kappa shape index (κ2) is 6.86. The number of carboxylic acid groups (broad SMARTS) is 1. The highest BCUT2D eigenvalue weighted by Gasteiger charge is 2.12. The van der Waals surface area contributed by atoms with Gasteiger partial charge < -0.3 is 14.6 Å². The monoisotopic (exact) mass is 190 g/mol. The van der Waals surface area contributed by atoms with E-state index in [2.05, 4.69) is 0 Å². The summed E-state index contributed by atoms with van der Waals surface area (Å²) in [6.45, 7) is 6.41. The van der Waals surface area contributed by atoms with Gasteiger partial charge in [-0.2, -0.15) is 0 Å². The lowest BCUT2D eigenvalue weighted by Gasteiger charge is -2.14. The average Bonchev–Trinajstić information content (AvgIpc) is 2.10. The van der Waals surface area contributed by atoms with Crippen molar-refractivity contribution in [1.29, 1.82) is 0 Å². The molecule has 0 spiro atoms. The Labute approximate surface area is 78.8 Å². The second-order valence-corrected chi connectivity index (χ2v) is 3.00. The SMILES string of the molecule is CCCOC(C)COC(C)C(=O)O. The molecule has 0 saturated carbocycles. The molecule has 78 valence electrons. The third-order valence-corrected chi connectivity index (χ3v) is 1.54. The van der Waals surface area contributed by atoms with Crippen LogP contribution in [-0.2, 0) is 14.3 Å². The molecular formula is C9H18O4. The number of hydrogen-bond donors (Lipinski definition) is 1. The number of rotatable bonds is 7. The zero-order valence-corrected chi connectivity index (χ0v) is 8.45. The summed E-state index contributed by atoms with van der Waals surface area (Å²) in [5, 5.41) is 8.51. The molecule has 1 N–H and O–H groups in total. The van der Waals surface area contributed by atoms with Crippen LogP contribution in [0.4, 0.5) is 0 Å². The van der Waals surface area contributed by atoms with Crippen molar-refractivity contribution in [2.75, 3.05) is 13.2 Å². The smallest absolute Gasteiger partial charge is 0.332 e. The Morgan fingerprint density at radius 3 is 2.46 bits per heavy atom. The maximum absolute atomic E-state index is 10.4. The molecule has 0 aromatic carbocycles. The van der Waals surface area contributed by atoms with Gasteiger partial charge in [0.15, 0.2) is 6.10 Å². The number of aliphatic carboxylic acids is 1. The zero-order valence-electron chi connectivity index (χ0n) is 8.45. The summed E-state index contributed by atoms with van der Waals surface area (Å²) in [7, 11) is 0. The molecule has 0 aromatic heterocycles. The Balaban J connectivity index is 3.45. The molecule has 0 amide bonds. The molecule has 2 atom stereocenters. The molecule has 0 aliphatic heterocycles. The quantitative estimate of drug-likeness (QED) is 0.657. The molecule has 13 heavy (non-hydrogen) atoms. The molecule has 0 bridgehead atoms. The summed E-state index contributed by atoms with van der Waals surface area (Å²) in [4.78, 5) is 10.4. The van der Waals surface area contributed by atoms with E-state index in [9.17, 15) is 4.79 Å². The van der Waals surface area contributed by atoms with Crippen molar-refractivity contribution >= 4 is 5.97 Å². The summed E-state index contributed by atoms with van der Waals surface area (Å²) in [6.07, 6.45) is 0.160. The van der Waals surface area contributed by atoms with Gasteiger partial charge in [0.05, 0.1) is 12.7 Å². The molecule has 0 aromatic rings. The van der Waals surface area contributed by atoms with Crippen LogP contribution >= 0.6 is 0 Å². The first-order chi connectivity index (χ1) is 6.07. The highest BCUT2D eigenvalue weighted by molar-refractivity contribution is 5.71. The van der Waals surface area contributed by atoms with Gasteiger partial charge in [-0.25, -0.2) is 4.79 Å². The van der Waals surface area contributed by atoms with E-state index in [4.69, 9.17) is 14.6 Å². The van der Waals surface area contributed by atoms with Crippen molar-refractivity contribution in [1.82, 2.24) is 0 Å². The molecule has 0 saturated heterocycles. The van der Waals surface area contributed by atoms with Crippen LogP contribution in [0.3, 0.4) is 0 Å². The molecule has 0 aliphatic rings. The highest BCUT2D eigenvalue weighted by atomic mass is 16.5. The molecule has 0 fully saturated rings. The molecule has 0 radical (unpaired) electrons. The van der Waals surface area contributed by atoms with E-state index in [1.54, 1.807) is 0 Å². The maximum Gasteiger partial charge on any atom is 0.332 e. The summed E-state index contributed by atoms with van der Waals surface area (Å²) in [6, 6.07) is 0. The Hall–Kier alpha value is -0.610. The summed E-state index contributed by atoms with van der Waals surface area (Å²) in [5.41, 5.74) is 0. The summed E-state index contributed by atoms with van der Waals surface area (Å²) < 4.78 is 10.3. The fourth-order valence-corrected chi connectivity index (χ4v) is 0.718. The van der Waals surface area contributed by atoms with E-state index < -0.39 is 12.1 Å². The second-order valence-electron chi connectivity index (χ2n) is 3.00. The summed E-state index contributed by atoms with van der Waals surface area (Å²) >= 11 is 0. The molecule has 4 nitrogen and oxygen atoms in total. The van der Waals surface area contributed by atoms with Crippen molar-refractivity contribution in [3.8, 4) is 0 Å². The first-order valence-electron chi connectivity index (χ1n) is 4.54. The first kappa shape index (κ1) is 12.4.